The molecule has 2 rings (SSSR count). The number of rotatable bonds is 5. The molecule has 0 fully saturated rings. The lowest BCUT2D eigenvalue weighted by molar-refractivity contribution is -0.223. The second-order valence-corrected chi connectivity index (χ2v) is 2.72. The lowest BCUT2D eigenvalue weighted by atomic mass is 10.2. The van der Waals surface area contributed by atoms with Gasteiger partial charge in [-0.3, -0.25) is 0 Å². The molecule has 0 unspecified atom stereocenters. The summed E-state index contributed by atoms with van der Waals surface area (Å²) in [5, 5.41) is 37.2. The van der Waals surface area contributed by atoms with Gasteiger partial charge in [0.25, 0.3) is 0 Å². The molecule has 2 aromatic heterocycles. The molecular formula is C6H7N8O2. The van der Waals surface area contributed by atoms with Gasteiger partial charge in [0.15, 0.2) is 0 Å². The zero-order valence-corrected chi connectivity index (χ0v) is 7.99. The van der Waals surface area contributed by atoms with Crippen molar-refractivity contribution in [3.05, 3.63) is 24.3 Å². The Bertz CT molecular complexity index is 403. The summed E-state index contributed by atoms with van der Waals surface area (Å²) in [7, 11) is 0. The predicted molar refractivity (Wildman–Crippen MR) is 46.0 cm³/mol. The van der Waals surface area contributed by atoms with Crippen molar-refractivity contribution in [1.29, 1.82) is 0 Å². The lowest BCUT2D eigenvalue weighted by Gasteiger charge is -2.18. The van der Waals surface area contributed by atoms with Crippen LogP contribution in [0, 0.1) is 0 Å². The maximum absolute atomic E-state index is 12.4. The van der Waals surface area contributed by atoms with E-state index in [1.54, 1.807) is 0 Å². The molecule has 2 aromatic rings. The van der Waals surface area contributed by atoms with E-state index in [0.717, 1.165) is 0 Å². The summed E-state index contributed by atoms with van der Waals surface area (Å²) >= 11 is 0. The van der Waals surface area contributed by atoms with Gasteiger partial charge in [-0.1, -0.05) is 6.08 Å². The second-order valence-electron chi connectivity index (χ2n) is 2.72. The van der Waals surface area contributed by atoms with E-state index in [4.69, 9.17) is 4.74 Å². The zero-order chi connectivity index (χ0) is 11.4. The summed E-state index contributed by atoms with van der Waals surface area (Å²) in [6.07, 6.45) is 1.42. The molecule has 16 heavy (non-hydrogen) atoms. The minimum Gasteiger partial charge on any atom is -0.331 e. The van der Waals surface area contributed by atoms with Crippen LogP contribution in [0.15, 0.2) is 12.7 Å². The highest BCUT2D eigenvalue weighted by atomic mass is 16.6. The quantitative estimate of drug-likeness (QED) is 0.466. The summed E-state index contributed by atoms with van der Waals surface area (Å²) < 4.78 is 5.05. The fourth-order valence-corrected chi connectivity index (χ4v) is 1.02. The highest BCUT2D eigenvalue weighted by Gasteiger charge is 2.43. The molecule has 0 saturated carbocycles. The van der Waals surface area contributed by atoms with E-state index in [0.29, 0.717) is 0 Å². The summed E-state index contributed by atoms with van der Waals surface area (Å²) in [6, 6.07) is 0. The van der Waals surface area contributed by atoms with Crippen LogP contribution in [0.1, 0.15) is 11.6 Å². The number of ether oxygens (including phenoxy) is 1. The maximum Gasteiger partial charge on any atom is 0.326 e. The molecule has 1 radical (unpaired) electrons. The molecule has 0 aromatic carbocycles. The summed E-state index contributed by atoms with van der Waals surface area (Å²) in [4.78, 5) is 0. The van der Waals surface area contributed by atoms with Crippen molar-refractivity contribution in [3.63, 3.8) is 0 Å². The smallest absolute Gasteiger partial charge is 0.326 e. The molecule has 0 amide bonds. The fourth-order valence-electron chi connectivity index (χ4n) is 1.02. The van der Waals surface area contributed by atoms with E-state index in [2.05, 4.69) is 47.8 Å². The van der Waals surface area contributed by atoms with Crippen LogP contribution < -0.4 is 0 Å². The van der Waals surface area contributed by atoms with Gasteiger partial charge in [0.1, 0.15) is 0 Å². The first-order valence-corrected chi connectivity index (χ1v) is 4.21. The van der Waals surface area contributed by atoms with Crippen LogP contribution >= 0.6 is 0 Å². The molecule has 0 atom stereocenters. The Kier molecular flexibility index (Phi) is 2.66. The Morgan fingerprint density at radius 3 is 2.19 bits per heavy atom. The molecule has 0 saturated heterocycles. The minimum absolute atomic E-state index is 0.00486. The van der Waals surface area contributed by atoms with Gasteiger partial charge in [0.2, 0.25) is 11.6 Å². The topological polar surface area (TPSA) is 138 Å². The van der Waals surface area contributed by atoms with Crippen molar-refractivity contribution in [1.82, 2.24) is 41.2 Å². The number of hydrogen-bond acceptors (Lipinski definition) is 7. The second kappa shape index (κ2) is 4.12. The number of tetrazole rings is 2. The van der Waals surface area contributed by atoms with E-state index < -0.39 is 5.79 Å². The standard InChI is InChI=1S/C6H7N8O2/c1-2-3-16-6(15,4-7-11-12-8-4)5-9-13-14-10-5/h2H,1,3H2,(H,7,8,11,12)(H,9,10,13,14). The van der Waals surface area contributed by atoms with Crippen LogP contribution in [0.3, 0.4) is 0 Å². The molecule has 2 heterocycles. The normalized spacial score (nSPS) is 11.6. The van der Waals surface area contributed by atoms with Gasteiger partial charge < -0.3 is 4.74 Å². The van der Waals surface area contributed by atoms with Gasteiger partial charge in [-0.25, -0.2) is 10.2 Å². The average Bonchev–Trinajstić information content (AvgIpc) is 2.96. The zero-order valence-electron chi connectivity index (χ0n) is 7.99. The molecule has 2 N–H and O–H groups in total. The number of hydrogen-bond donors (Lipinski definition) is 2. The Labute approximate surface area is 88.7 Å². The third kappa shape index (κ3) is 1.66. The third-order valence-corrected chi connectivity index (χ3v) is 1.72. The first-order valence-electron chi connectivity index (χ1n) is 4.21. The van der Waals surface area contributed by atoms with E-state index in [-0.39, 0.29) is 18.3 Å². The fraction of sp³-hybridized carbons (Fsp3) is 0.333. The highest BCUT2D eigenvalue weighted by Crippen LogP contribution is 2.24. The van der Waals surface area contributed by atoms with E-state index in [1.807, 2.05) is 0 Å². The Hall–Kier alpha value is -2.20. The van der Waals surface area contributed by atoms with Gasteiger partial charge in [-0.05, 0) is 20.9 Å². The van der Waals surface area contributed by atoms with Crippen molar-refractivity contribution in [3.8, 4) is 0 Å². The Morgan fingerprint density at radius 1 is 1.25 bits per heavy atom. The predicted octanol–water partition coefficient (Wildman–Crippen LogP) is -1.45. The van der Waals surface area contributed by atoms with Crippen molar-refractivity contribution >= 4 is 0 Å². The van der Waals surface area contributed by atoms with Gasteiger partial charge in [0.05, 0.1) is 6.61 Å². The Morgan fingerprint density at radius 2 is 1.81 bits per heavy atom. The largest absolute Gasteiger partial charge is 0.331 e. The van der Waals surface area contributed by atoms with Gasteiger partial charge in [0, 0.05) is 0 Å². The molecule has 0 bridgehead atoms. The van der Waals surface area contributed by atoms with Crippen LogP contribution in [-0.4, -0.2) is 47.9 Å². The van der Waals surface area contributed by atoms with Crippen LogP contribution in [0.4, 0.5) is 0 Å². The van der Waals surface area contributed by atoms with Gasteiger partial charge >= 0.3 is 5.79 Å². The highest BCUT2D eigenvalue weighted by molar-refractivity contribution is 5.07. The monoisotopic (exact) mass is 223 g/mol. The van der Waals surface area contributed by atoms with Crippen LogP contribution in [0.2, 0.25) is 0 Å². The summed E-state index contributed by atoms with van der Waals surface area (Å²) in [5.41, 5.74) is 0. The molecule has 0 spiro atoms. The van der Waals surface area contributed by atoms with Crippen molar-refractivity contribution in [2.24, 2.45) is 0 Å². The van der Waals surface area contributed by atoms with E-state index in [1.165, 1.54) is 6.08 Å². The molecule has 0 aliphatic carbocycles. The lowest BCUT2D eigenvalue weighted by Crippen LogP contribution is -2.32. The van der Waals surface area contributed by atoms with Crippen molar-refractivity contribution in [2.75, 3.05) is 6.61 Å². The average molecular weight is 223 g/mol. The van der Waals surface area contributed by atoms with Crippen LogP contribution in [0.5, 0.6) is 0 Å². The Balaban J connectivity index is 2.36. The molecular weight excluding hydrogens is 216 g/mol. The van der Waals surface area contributed by atoms with Crippen molar-refractivity contribution < 1.29 is 9.84 Å². The maximum atomic E-state index is 12.4. The first kappa shape index (κ1) is 10.3. The molecule has 10 heteroatoms. The molecule has 83 valence electrons. The van der Waals surface area contributed by atoms with E-state index in [9.17, 15) is 5.11 Å². The summed E-state index contributed by atoms with van der Waals surface area (Å²) in [6.45, 7) is 3.44. The first-order chi connectivity index (χ1) is 7.77. The molecule has 10 nitrogen and oxygen atoms in total. The molecule has 0 aliphatic heterocycles. The summed E-state index contributed by atoms with van der Waals surface area (Å²) in [5.74, 6) is -2.50. The number of aromatic amines is 2. The van der Waals surface area contributed by atoms with Gasteiger partial charge in [-0.15, -0.1) is 16.8 Å². The SMILES string of the molecule is C=CCOC([O])(c1nnn[nH]1)c1nnn[nH]1. The number of H-pyrrole nitrogens is 2. The van der Waals surface area contributed by atoms with Crippen LogP contribution in [-0.2, 0) is 15.6 Å². The van der Waals surface area contributed by atoms with Gasteiger partial charge in [-0.2, -0.15) is 5.11 Å². The van der Waals surface area contributed by atoms with Crippen molar-refractivity contribution in [2.45, 2.75) is 5.79 Å². The molecule has 0 aliphatic rings. The number of aromatic nitrogens is 8. The van der Waals surface area contributed by atoms with E-state index >= 15 is 0 Å². The number of nitrogens with one attached hydrogen (secondary N) is 2. The third-order valence-electron chi connectivity index (χ3n) is 1.72. The number of nitrogens with zero attached hydrogens (tertiary/aromatic N) is 6. The minimum atomic E-state index is -2.21. The van der Waals surface area contributed by atoms with Crippen LogP contribution in [0.25, 0.3) is 0 Å².